The molecule has 1 amide bonds. The summed E-state index contributed by atoms with van der Waals surface area (Å²) in [5.41, 5.74) is 2.43. The Morgan fingerprint density at radius 3 is 2.86 bits per heavy atom. The number of amides is 1. The Morgan fingerprint density at radius 1 is 1.33 bits per heavy atom. The number of aliphatic hydroxyl groups excluding tert-OH is 1. The molecule has 1 fully saturated rings. The van der Waals surface area contributed by atoms with Crippen LogP contribution in [0.2, 0.25) is 0 Å². The third kappa shape index (κ3) is 4.75. The minimum Gasteiger partial charge on any atom is -0.396 e. The van der Waals surface area contributed by atoms with Crippen LogP contribution >= 0.6 is 11.8 Å². The molecule has 1 saturated carbocycles. The number of benzene rings is 1. The smallest absolute Gasteiger partial charge is 0.230 e. The van der Waals surface area contributed by atoms with Crippen LogP contribution in [-0.4, -0.2) is 29.4 Å². The maximum Gasteiger partial charge on any atom is 0.230 e. The van der Waals surface area contributed by atoms with E-state index in [1.165, 1.54) is 16.0 Å². The molecule has 1 aromatic carbocycles. The highest BCUT2D eigenvalue weighted by Gasteiger charge is 2.25. The van der Waals surface area contributed by atoms with E-state index in [9.17, 15) is 9.90 Å². The number of hydrogen-bond donors (Lipinski definition) is 2. The van der Waals surface area contributed by atoms with Crippen LogP contribution in [0.5, 0.6) is 0 Å². The van der Waals surface area contributed by atoms with Crippen molar-refractivity contribution in [1.29, 1.82) is 0 Å². The van der Waals surface area contributed by atoms with Crippen molar-refractivity contribution in [3.8, 4) is 0 Å². The summed E-state index contributed by atoms with van der Waals surface area (Å²) in [6.07, 6.45) is 4.32. The highest BCUT2D eigenvalue weighted by Crippen LogP contribution is 2.25. The summed E-state index contributed by atoms with van der Waals surface area (Å²) >= 11 is 1.59. The van der Waals surface area contributed by atoms with Crippen molar-refractivity contribution < 1.29 is 9.90 Å². The van der Waals surface area contributed by atoms with Crippen molar-refractivity contribution in [2.45, 2.75) is 50.5 Å². The number of aryl methyl sites for hydroxylation is 2. The summed E-state index contributed by atoms with van der Waals surface area (Å²) in [5.74, 6) is 0.749. The van der Waals surface area contributed by atoms with Gasteiger partial charge in [0.15, 0.2) is 0 Å². The Balaban J connectivity index is 1.85. The maximum absolute atomic E-state index is 12.1. The lowest BCUT2D eigenvalue weighted by Crippen LogP contribution is -2.44. The Morgan fingerprint density at radius 2 is 2.10 bits per heavy atom. The highest BCUT2D eigenvalue weighted by molar-refractivity contribution is 8.00. The molecular weight excluding hydrogens is 282 g/mol. The van der Waals surface area contributed by atoms with Gasteiger partial charge in [0.1, 0.15) is 0 Å². The molecule has 0 spiro atoms. The fraction of sp³-hybridized carbons (Fsp3) is 0.588. The van der Waals surface area contributed by atoms with Gasteiger partial charge in [0.2, 0.25) is 5.91 Å². The van der Waals surface area contributed by atoms with Crippen molar-refractivity contribution in [3.63, 3.8) is 0 Å². The molecule has 1 aliphatic rings. The molecule has 1 aliphatic carbocycles. The largest absolute Gasteiger partial charge is 0.396 e. The van der Waals surface area contributed by atoms with Crippen LogP contribution in [0.25, 0.3) is 0 Å². The van der Waals surface area contributed by atoms with Crippen molar-refractivity contribution in [1.82, 2.24) is 5.32 Å². The first-order chi connectivity index (χ1) is 10.1. The lowest BCUT2D eigenvalue weighted by atomic mass is 9.85. The average Bonchev–Trinajstić information content (AvgIpc) is 2.49. The van der Waals surface area contributed by atoms with Crippen LogP contribution in [0.15, 0.2) is 23.1 Å². The van der Waals surface area contributed by atoms with Gasteiger partial charge in [0.05, 0.1) is 5.75 Å². The zero-order chi connectivity index (χ0) is 15.2. The molecular formula is C17H25NO2S. The number of thioether (sulfide) groups is 1. The number of rotatable bonds is 5. The van der Waals surface area contributed by atoms with Crippen molar-refractivity contribution in [2.75, 3.05) is 12.4 Å². The summed E-state index contributed by atoms with van der Waals surface area (Å²) in [5, 5.41) is 12.5. The molecule has 4 heteroatoms. The van der Waals surface area contributed by atoms with Crippen LogP contribution in [0, 0.1) is 19.8 Å². The van der Waals surface area contributed by atoms with Crippen LogP contribution in [-0.2, 0) is 4.79 Å². The molecule has 0 aliphatic heterocycles. The van der Waals surface area contributed by atoms with Gasteiger partial charge >= 0.3 is 0 Å². The topological polar surface area (TPSA) is 49.3 Å². The quantitative estimate of drug-likeness (QED) is 0.822. The van der Waals surface area contributed by atoms with E-state index in [-0.39, 0.29) is 24.5 Å². The standard InChI is InChI=1S/C17H25NO2S/c1-12-7-8-13(2)16(9-12)21-11-17(20)18-15-6-4-3-5-14(15)10-19/h7-9,14-15,19H,3-6,10-11H2,1-2H3,(H,18,20). The van der Waals surface area contributed by atoms with E-state index in [0.29, 0.717) is 5.75 Å². The molecule has 0 saturated heterocycles. The fourth-order valence-corrected chi connectivity index (χ4v) is 3.81. The molecule has 3 nitrogen and oxygen atoms in total. The predicted molar refractivity (Wildman–Crippen MR) is 87.6 cm³/mol. The van der Waals surface area contributed by atoms with E-state index < -0.39 is 0 Å². The second-order valence-corrected chi connectivity index (χ2v) is 6.98. The van der Waals surface area contributed by atoms with Gasteiger partial charge < -0.3 is 10.4 Å². The number of nitrogens with one attached hydrogen (secondary N) is 1. The van der Waals surface area contributed by atoms with E-state index in [4.69, 9.17) is 0 Å². The van der Waals surface area contributed by atoms with Gasteiger partial charge in [-0.1, -0.05) is 30.5 Å². The van der Waals surface area contributed by atoms with E-state index in [0.717, 1.165) is 25.7 Å². The van der Waals surface area contributed by atoms with Gasteiger partial charge in [-0.05, 0) is 38.3 Å². The number of aliphatic hydroxyl groups is 1. The molecule has 2 N–H and O–H groups in total. The first kappa shape index (κ1) is 16.4. The molecule has 116 valence electrons. The average molecular weight is 307 g/mol. The van der Waals surface area contributed by atoms with Crippen LogP contribution in [0.1, 0.15) is 36.8 Å². The molecule has 0 aromatic heterocycles. The number of carbonyl (C=O) groups is 1. The van der Waals surface area contributed by atoms with Gasteiger partial charge in [-0.2, -0.15) is 0 Å². The van der Waals surface area contributed by atoms with Gasteiger partial charge in [-0.25, -0.2) is 0 Å². The van der Waals surface area contributed by atoms with Crippen LogP contribution in [0.3, 0.4) is 0 Å². The summed E-state index contributed by atoms with van der Waals surface area (Å²) in [7, 11) is 0. The molecule has 21 heavy (non-hydrogen) atoms. The summed E-state index contributed by atoms with van der Waals surface area (Å²) in [6.45, 7) is 4.31. The van der Waals surface area contributed by atoms with Crippen molar-refractivity contribution in [2.24, 2.45) is 5.92 Å². The molecule has 0 radical (unpaired) electrons. The Labute approximate surface area is 131 Å². The monoisotopic (exact) mass is 307 g/mol. The first-order valence-electron chi connectivity index (χ1n) is 7.70. The molecule has 2 unspecified atom stereocenters. The van der Waals surface area contributed by atoms with Gasteiger partial charge in [-0.3, -0.25) is 4.79 Å². The van der Waals surface area contributed by atoms with Gasteiger partial charge in [0, 0.05) is 23.5 Å². The number of hydrogen-bond acceptors (Lipinski definition) is 3. The third-order valence-corrected chi connectivity index (χ3v) is 5.35. The molecule has 2 atom stereocenters. The Bertz CT molecular complexity index is 490. The lowest BCUT2D eigenvalue weighted by molar-refractivity contribution is -0.120. The van der Waals surface area contributed by atoms with E-state index in [1.807, 2.05) is 0 Å². The second-order valence-electron chi connectivity index (χ2n) is 5.96. The predicted octanol–water partition coefficient (Wildman–Crippen LogP) is 3.06. The minimum absolute atomic E-state index is 0.0752. The van der Waals surface area contributed by atoms with E-state index in [1.54, 1.807) is 11.8 Å². The fourth-order valence-electron chi connectivity index (χ4n) is 2.87. The lowest BCUT2D eigenvalue weighted by Gasteiger charge is -2.30. The molecule has 0 heterocycles. The Hall–Kier alpha value is -1.00. The third-order valence-electron chi connectivity index (χ3n) is 4.19. The SMILES string of the molecule is Cc1ccc(C)c(SCC(=O)NC2CCCCC2CO)c1. The molecule has 1 aromatic rings. The Kier molecular flexibility index (Phi) is 6.12. The molecule has 0 bridgehead atoms. The van der Waals surface area contributed by atoms with Gasteiger partial charge in [-0.15, -0.1) is 11.8 Å². The summed E-state index contributed by atoms with van der Waals surface area (Å²) in [4.78, 5) is 13.3. The van der Waals surface area contributed by atoms with Gasteiger partial charge in [0.25, 0.3) is 0 Å². The van der Waals surface area contributed by atoms with Crippen molar-refractivity contribution >= 4 is 17.7 Å². The highest BCUT2D eigenvalue weighted by atomic mass is 32.2. The summed E-state index contributed by atoms with van der Waals surface area (Å²) < 4.78 is 0. The zero-order valence-corrected chi connectivity index (χ0v) is 13.7. The second kappa shape index (κ2) is 7.85. The first-order valence-corrected chi connectivity index (χ1v) is 8.69. The maximum atomic E-state index is 12.1. The van der Waals surface area contributed by atoms with E-state index in [2.05, 4.69) is 37.4 Å². The minimum atomic E-state index is 0.0752. The number of carbonyl (C=O) groups excluding carboxylic acids is 1. The summed E-state index contributed by atoms with van der Waals surface area (Å²) in [6, 6.07) is 6.46. The molecule has 2 rings (SSSR count). The van der Waals surface area contributed by atoms with E-state index >= 15 is 0 Å². The van der Waals surface area contributed by atoms with Crippen molar-refractivity contribution in [3.05, 3.63) is 29.3 Å². The van der Waals surface area contributed by atoms with Crippen LogP contribution in [0.4, 0.5) is 0 Å². The zero-order valence-electron chi connectivity index (χ0n) is 12.9. The normalized spacial score (nSPS) is 22.0. The van der Waals surface area contributed by atoms with Crippen LogP contribution < -0.4 is 5.32 Å².